The molecular formula is C27H25N. The second kappa shape index (κ2) is 7.44. The molecule has 0 spiro atoms. The number of benzene rings is 3. The topological polar surface area (TPSA) is 12.9 Å². The first-order valence-corrected chi connectivity index (χ1v) is 9.73. The predicted molar refractivity (Wildman–Crippen MR) is 119 cm³/mol. The van der Waals surface area contributed by atoms with Crippen LogP contribution in [0.25, 0.3) is 33.5 Å². The molecule has 0 saturated heterocycles. The van der Waals surface area contributed by atoms with Crippen molar-refractivity contribution in [3.05, 3.63) is 103 Å². The van der Waals surface area contributed by atoms with Crippen molar-refractivity contribution in [1.82, 2.24) is 4.98 Å². The fourth-order valence-electron chi connectivity index (χ4n) is 3.39. The van der Waals surface area contributed by atoms with Crippen LogP contribution in [0.15, 0.2) is 97.2 Å². The summed E-state index contributed by atoms with van der Waals surface area (Å²) in [5.41, 5.74) is 8.55. The normalized spacial score (nSPS) is 11.4. The van der Waals surface area contributed by atoms with Crippen LogP contribution in [0.5, 0.6) is 0 Å². The first-order valence-electron chi connectivity index (χ1n) is 9.73. The Balaban J connectivity index is 1.60. The third-order valence-corrected chi connectivity index (χ3v) is 5.13. The van der Waals surface area contributed by atoms with Gasteiger partial charge in [0.25, 0.3) is 0 Å². The van der Waals surface area contributed by atoms with Crippen LogP contribution in [0.1, 0.15) is 26.3 Å². The second-order valence-corrected chi connectivity index (χ2v) is 8.20. The minimum absolute atomic E-state index is 0.181. The number of hydrogen-bond donors (Lipinski definition) is 0. The summed E-state index contributed by atoms with van der Waals surface area (Å²) in [7, 11) is 0. The number of rotatable bonds is 3. The van der Waals surface area contributed by atoms with E-state index in [1.165, 1.54) is 27.8 Å². The lowest BCUT2D eigenvalue weighted by atomic mass is 9.86. The highest BCUT2D eigenvalue weighted by Crippen LogP contribution is 2.29. The maximum Gasteiger partial charge on any atom is 0.0708 e. The van der Waals surface area contributed by atoms with Crippen molar-refractivity contribution in [3.63, 3.8) is 0 Å². The van der Waals surface area contributed by atoms with E-state index in [1.807, 2.05) is 24.4 Å². The standard InChI is InChI=1S/C27H25N/c1-27(2,3)25-15-13-21(14-16-25)20-9-11-22(12-10-20)24-17-18-28-26(19-24)23-7-5-4-6-8-23/h4-19H,1-3H3. The Bertz CT molecular complexity index is 1050. The zero-order valence-electron chi connectivity index (χ0n) is 16.7. The monoisotopic (exact) mass is 363 g/mol. The van der Waals surface area contributed by atoms with E-state index in [2.05, 4.69) is 98.6 Å². The average molecular weight is 364 g/mol. The summed E-state index contributed by atoms with van der Waals surface area (Å²) < 4.78 is 0. The van der Waals surface area contributed by atoms with E-state index in [4.69, 9.17) is 0 Å². The van der Waals surface area contributed by atoms with Gasteiger partial charge < -0.3 is 0 Å². The summed E-state index contributed by atoms with van der Waals surface area (Å²) >= 11 is 0. The quantitative estimate of drug-likeness (QED) is 0.370. The van der Waals surface area contributed by atoms with Gasteiger partial charge in [0.1, 0.15) is 0 Å². The molecule has 0 aliphatic heterocycles. The van der Waals surface area contributed by atoms with Gasteiger partial charge in [0.2, 0.25) is 0 Å². The van der Waals surface area contributed by atoms with Crippen LogP contribution in [-0.4, -0.2) is 4.98 Å². The van der Waals surface area contributed by atoms with E-state index >= 15 is 0 Å². The van der Waals surface area contributed by atoms with Crippen molar-refractivity contribution >= 4 is 0 Å². The molecule has 0 aliphatic carbocycles. The maximum atomic E-state index is 4.53. The highest BCUT2D eigenvalue weighted by atomic mass is 14.7. The van der Waals surface area contributed by atoms with Crippen molar-refractivity contribution in [2.24, 2.45) is 0 Å². The lowest BCUT2D eigenvalue weighted by Gasteiger charge is -2.19. The van der Waals surface area contributed by atoms with Crippen LogP contribution in [0.4, 0.5) is 0 Å². The molecule has 0 fully saturated rings. The third-order valence-electron chi connectivity index (χ3n) is 5.13. The van der Waals surface area contributed by atoms with Gasteiger partial charge in [-0.25, -0.2) is 0 Å². The third kappa shape index (κ3) is 3.89. The molecule has 0 unspecified atom stereocenters. The Morgan fingerprint density at radius 3 is 1.64 bits per heavy atom. The fourth-order valence-corrected chi connectivity index (χ4v) is 3.39. The first kappa shape index (κ1) is 18.2. The molecule has 0 aliphatic rings. The lowest BCUT2D eigenvalue weighted by Crippen LogP contribution is -2.10. The van der Waals surface area contributed by atoms with Crippen molar-refractivity contribution < 1.29 is 0 Å². The van der Waals surface area contributed by atoms with Crippen LogP contribution < -0.4 is 0 Å². The number of aromatic nitrogens is 1. The van der Waals surface area contributed by atoms with Crippen molar-refractivity contribution in [2.45, 2.75) is 26.2 Å². The summed E-state index contributed by atoms with van der Waals surface area (Å²) in [6.07, 6.45) is 1.89. The molecule has 4 aromatic rings. The predicted octanol–water partition coefficient (Wildman–Crippen LogP) is 7.38. The molecule has 0 N–H and O–H groups in total. The van der Waals surface area contributed by atoms with E-state index in [0.29, 0.717) is 0 Å². The van der Waals surface area contributed by atoms with Gasteiger partial charge in [0.15, 0.2) is 0 Å². The van der Waals surface area contributed by atoms with Gasteiger partial charge in [0, 0.05) is 11.8 Å². The molecule has 0 atom stereocenters. The van der Waals surface area contributed by atoms with E-state index in [-0.39, 0.29) is 5.41 Å². The van der Waals surface area contributed by atoms with Gasteiger partial charge in [-0.15, -0.1) is 0 Å². The zero-order chi connectivity index (χ0) is 19.6. The first-order chi connectivity index (χ1) is 13.5. The molecule has 0 bridgehead atoms. The molecular weight excluding hydrogens is 338 g/mol. The second-order valence-electron chi connectivity index (χ2n) is 8.20. The smallest absolute Gasteiger partial charge is 0.0708 e. The van der Waals surface area contributed by atoms with E-state index in [9.17, 15) is 0 Å². The van der Waals surface area contributed by atoms with Crippen LogP contribution in [-0.2, 0) is 5.41 Å². The molecule has 1 heterocycles. The molecule has 28 heavy (non-hydrogen) atoms. The van der Waals surface area contributed by atoms with Crippen molar-refractivity contribution in [2.75, 3.05) is 0 Å². The number of nitrogens with zero attached hydrogens (tertiary/aromatic N) is 1. The Morgan fingerprint density at radius 1 is 0.536 bits per heavy atom. The van der Waals surface area contributed by atoms with Gasteiger partial charge >= 0.3 is 0 Å². The van der Waals surface area contributed by atoms with Gasteiger partial charge in [0.05, 0.1) is 5.69 Å². The highest BCUT2D eigenvalue weighted by molar-refractivity contribution is 5.73. The largest absolute Gasteiger partial charge is 0.256 e. The summed E-state index contributed by atoms with van der Waals surface area (Å²) in [6.45, 7) is 6.74. The van der Waals surface area contributed by atoms with E-state index in [0.717, 1.165) is 11.3 Å². The summed E-state index contributed by atoms with van der Waals surface area (Å²) in [4.78, 5) is 4.53. The minimum atomic E-state index is 0.181. The van der Waals surface area contributed by atoms with Crippen LogP contribution in [0.3, 0.4) is 0 Å². The molecule has 0 amide bonds. The van der Waals surface area contributed by atoms with Gasteiger partial charge in [-0.05, 0) is 45.4 Å². The zero-order valence-corrected chi connectivity index (χ0v) is 16.7. The van der Waals surface area contributed by atoms with Crippen molar-refractivity contribution in [3.8, 4) is 33.5 Å². The molecule has 0 radical (unpaired) electrons. The number of pyridine rings is 1. The molecule has 1 aromatic heterocycles. The Morgan fingerprint density at radius 2 is 1.07 bits per heavy atom. The van der Waals surface area contributed by atoms with Gasteiger partial charge in [-0.3, -0.25) is 4.98 Å². The molecule has 0 saturated carbocycles. The van der Waals surface area contributed by atoms with Crippen LogP contribution >= 0.6 is 0 Å². The molecule has 1 heteroatoms. The van der Waals surface area contributed by atoms with Crippen LogP contribution in [0.2, 0.25) is 0 Å². The molecule has 1 nitrogen and oxygen atoms in total. The average Bonchev–Trinajstić information content (AvgIpc) is 2.74. The summed E-state index contributed by atoms with van der Waals surface area (Å²) in [5, 5.41) is 0. The van der Waals surface area contributed by atoms with Gasteiger partial charge in [-0.1, -0.05) is 99.6 Å². The molecule has 4 rings (SSSR count). The Kier molecular flexibility index (Phi) is 4.83. The SMILES string of the molecule is CC(C)(C)c1ccc(-c2ccc(-c3ccnc(-c4ccccc4)c3)cc2)cc1. The van der Waals surface area contributed by atoms with E-state index in [1.54, 1.807) is 0 Å². The summed E-state index contributed by atoms with van der Waals surface area (Å²) in [5.74, 6) is 0. The maximum absolute atomic E-state index is 4.53. The lowest BCUT2D eigenvalue weighted by molar-refractivity contribution is 0.590. The Hall–Kier alpha value is -3.19. The Labute approximate surface area is 167 Å². The van der Waals surface area contributed by atoms with Crippen LogP contribution in [0, 0.1) is 0 Å². The fraction of sp³-hybridized carbons (Fsp3) is 0.148. The van der Waals surface area contributed by atoms with E-state index < -0.39 is 0 Å². The highest BCUT2D eigenvalue weighted by Gasteiger charge is 2.13. The minimum Gasteiger partial charge on any atom is -0.256 e. The number of hydrogen-bond acceptors (Lipinski definition) is 1. The van der Waals surface area contributed by atoms with Gasteiger partial charge in [-0.2, -0.15) is 0 Å². The molecule has 3 aromatic carbocycles. The molecule has 138 valence electrons. The summed E-state index contributed by atoms with van der Waals surface area (Å²) in [6, 6.07) is 32.2. The van der Waals surface area contributed by atoms with Crippen molar-refractivity contribution in [1.29, 1.82) is 0 Å².